The molecule has 0 amide bonds. The Hall–Kier alpha value is -1.75. The van der Waals surface area contributed by atoms with Gasteiger partial charge in [0.15, 0.2) is 11.0 Å². The molecule has 2 aromatic rings. The van der Waals surface area contributed by atoms with E-state index >= 15 is 0 Å². The van der Waals surface area contributed by atoms with Crippen molar-refractivity contribution >= 4 is 17.6 Å². The number of nitrogens with zero attached hydrogens (tertiary/aromatic N) is 2. The molecule has 0 aromatic carbocycles. The molecule has 0 radical (unpaired) electrons. The Labute approximate surface area is 108 Å². The molecule has 0 saturated heterocycles. The standard InChI is InChI=1S/C12H11ClN2O3/c13-10-2-1-9(18-10)8-6-15-4-3-7(12(16)17)5-11(15)14-8/h1-2,6-7H,3-5H2,(H,16,17). The zero-order chi connectivity index (χ0) is 12.7. The van der Waals surface area contributed by atoms with Gasteiger partial charge in [0.2, 0.25) is 0 Å². The molecule has 1 atom stereocenters. The van der Waals surface area contributed by atoms with E-state index in [-0.39, 0.29) is 5.92 Å². The van der Waals surface area contributed by atoms with Gasteiger partial charge in [-0.3, -0.25) is 4.79 Å². The highest BCUT2D eigenvalue weighted by molar-refractivity contribution is 6.28. The van der Waals surface area contributed by atoms with Crippen LogP contribution in [0.4, 0.5) is 0 Å². The molecule has 2 aromatic heterocycles. The lowest BCUT2D eigenvalue weighted by Gasteiger charge is -2.19. The van der Waals surface area contributed by atoms with Crippen LogP contribution in [0.15, 0.2) is 22.7 Å². The molecule has 3 heterocycles. The number of hydrogen-bond acceptors (Lipinski definition) is 3. The van der Waals surface area contributed by atoms with Gasteiger partial charge in [0, 0.05) is 19.2 Å². The van der Waals surface area contributed by atoms with Gasteiger partial charge in [-0.2, -0.15) is 0 Å². The average Bonchev–Trinajstić information content (AvgIpc) is 2.93. The van der Waals surface area contributed by atoms with Crippen molar-refractivity contribution in [1.29, 1.82) is 0 Å². The average molecular weight is 267 g/mol. The van der Waals surface area contributed by atoms with Crippen molar-refractivity contribution in [2.24, 2.45) is 5.92 Å². The molecule has 18 heavy (non-hydrogen) atoms. The molecule has 94 valence electrons. The van der Waals surface area contributed by atoms with Gasteiger partial charge in [0.25, 0.3) is 0 Å². The zero-order valence-corrected chi connectivity index (χ0v) is 10.2. The summed E-state index contributed by atoms with van der Waals surface area (Å²) in [5.41, 5.74) is 0.697. The highest BCUT2D eigenvalue weighted by Gasteiger charge is 2.26. The first-order chi connectivity index (χ1) is 8.63. The maximum absolute atomic E-state index is 11.0. The first kappa shape index (κ1) is 11.3. The van der Waals surface area contributed by atoms with E-state index < -0.39 is 5.97 Å². The lowest BCUT2D eigenvalue weighted by molar-refractivity contribution is -0.142. The summed E-state index contributed by atoms with van der Waals surface area (Å²) in [5.74, 6) is 0.296. The highest BCUT2D eigenvalue weighted by Crippen LogP contribution is 2.27. The fourth-order valence-corrected chi connectivity index (χ4v) is 2.36. The van der Waals surface area contributed by atoms with Crippen molar-refractivity contribution in [3.8, 4) is 11.5 Å². The van der Waals surface area contributed by atoms with E-state index in [1.165, 1.54) is 0 Å². The fraction of sp³-hybridized carbons (Fsp3) is 0.333. The number of fused-ring (bicyclic) bond motifs is 1. The van der Waals surface area contributed by atoms with Gasteiger partial charge >= 0.3 is 5.97 Å². The van der Waals surface area contributed by atoms with Crippen molar-refractivity contribution in [3.05, 3.63) is 29.4 Å². The number of carbonyl (C=O) groups is 1. The van der Waals surface area contributed by atoms with E-state index in [9.17, 15) is 4.79 Å². The third-order valence-corrected chi connectivity index (χ3v) is 3.38. The Balaban J connectivity index is 1.91. The molecule has 0 fully saturated rings. The second-order valence-electron chi connectivity index (χ2n) is 4.37. The fourth-order valence-electron chi connectivity index (χ4n) is 2.21. The molecule has 1 unspecified atom stereocenters. The van der Waals surface area contributed by atoms with E-state index in [2.05, 4.69) is 4.98 Å². The number of carboxylic acid groups (broad SMARTS) is 1. The Bertz CT molecular complexity index is 602. The monoisotopic (exact) mass is 266 g/mol. The number of aromatic nitrogens is 2. The van der Waals surface area contributed by atoms with E-state index in [1.807, 2.05) is 10.8 Å². The zero-order valence-electron chi connectivity index (χ0n) is 9.47. The molecule has 1 aliphatic heterocycles. The van der Waals surface area contributed by atoms with Crippen LogP contribution in [-0.4, -0.2) is 20.6 Å². The Morgan fingerprint density at radius 3 is 3.06 bits per heavy atom. The van der Waals surface area contributed by atoms with E-state index in [0.29, 0.717) is 36.1 Å². The van der Waals surface area contributed by atoms with Gasteiger partial charge in [0.1, 0.15) is 11.5 Å². The van der Waals surface area contributed by atoms with Crippen molar-refractivity contribution in [2.75, 3.05) is 0 Å². The van der Waals surface area contributed by atoms with Gasteiger partial charge in [-0.1, -0.05) is 0 Å². The second-order valence-corrected chi connectivity index (χ2v) is 4.74. The quantitative estimate of drug-likeness (QED) is 0.906. The maximum Gasteiger partial charge on any atom is 0.307 e. The van der Waals surface area contributed by atoms with Crippen LogP contribution in [0.1, 0.15) is 12.2 Å². The van der Waals surface area contributed by atoms with Crippen molar-refractivity contribution in [2.45, 2.75) is 19.4 Å². The van der Waals surface area contributed by atoms with Gasteiger partial charge < -0.3 is 14.1 Å². The summed E-state index contributed by atoms with van der Waals surface area (Å²) in [6.45, 7) is 0.674. The van der Waals surface area contributed by atoms with E-state index in [0.717, 1.165) is 5.82 Å². The number of carboxylic acids is 1. The van der Waals surface area contributed by atoms with Crippen LogP contribution in [0.2, 0.25) is 5.22 Å². The molecule has 3 rings (SSSR count). The molecule has 0 aliphatic carbocycles. The van der Waals surface area contributed by atoms with E-state index in [1.54, 1.807) is 12.1 Å². The van der Waals surface area contributed by atoms with Crippen LogP contribution in [0.3, 0.4) is 0 Å². The van der Waals surface area contributed by atoms with Crippen LogP contribution >= 0.6 is 11.6 Å². The summed E-state index contributed by atoms with van der Waals surface area (Å²) in [6, 6.07) is 3.42. The minimum Gasteiger partial charge on any atom is -0.481 e. The van der Waals surface area contributed by atoms with Crippen LogP contribution in [0.25, 0.3) is 11.5 Å². The van der Waals surface area contributed by atoms with Crippen LogP contribution in [-0.2, 0) is 17.8 Å². The number of imidazole rings is 1. The van der Waals surface area contributed by atoms with Crippen molar-refractivity contribution in [1.82, 2.24) is 9.55 Å². The van der Waals surface area contributed by atoms with Crippen LogP contribution in [0, 0.1) is 5.92 Å². The normalized spacial score (nSPS) is 18.6. The number of furan rings is 1. The Morgan fingerprint density at radius 1 is 1.56 bits per heavy atom. The summed E-state index contributed by atoms with van der Waals surface area (Å²) < 4.78 is 7.27. The summed E-state index contributed by atoms with van der Waals surface area (Å²) in [6.07, 6.45) is 2.98. The summed E-state index contributed by atoms with van der Waals surface area (Å²) in [7, 11) is 0. The summed E-state index contributed by atoms with van der Waals surface area (Å²) in [5, 5.41) is 9.34. The lowest BCUT2D eigenvalue weighted by atomic mass is 9.98. The molecule has 0 bridgehead atoms. The maximum atomic E-state index is 11.0. The predicted molar refractivity (Wildman–Crippen MR) is 64.4 cm³/mol. The van der Waals surface area contributed by atoms with Gasteiger partial charge in [-0.25, -0.2) is 4.98 Å². The number of aliphatic carboxylic acids is 1. The molecular formula is C12H11ClN2O3. The number of aryl methyl sites for hydroxylation is 1. The largest absolute Gasteiger partial charge is 0.481 e. The van der Waals surface area contributed by atoms with Gasteiger partial charge in [-0.15, -0.1) is 0 Å². The van der Waals surface area contributed by atoms with Gasteiger partial charge in [0.05, 0.1) is 5.92 Å². The lowest BCUT2D eigenvalue weighted by Crippen LogP contribution is -2.25. The molecule has 6 heteroatoms. The molecule has 0 saturated carbocycles. The minimum atomic E-state index is -0.758. The van der Waals surface area contributed by atoms with Crippen LogP contribution < -0.4 is 0 Å². The third-order valence-electron chi connectivity index (χ3n) is 3.18. The number of hydrogen-bond donors (Lipinski definition) is 1. The first-order valence-electron chi connectivity index (χ1n) is 5.68. The summed E-state index contributed by atoms with van der Waals surface area (Å²) in [4.78, 5) is 15.4. The molecule has 5 nitrogen and oxygen atoms in total. The first-order valence-corrected chi connectivity index (χ1v) is 6.06. The van der Waals surface area contributed by atoms with Crippen molar-refractivity contribution < 1.29 is 14.3 Å². The van der Waals surface area contributed by atoms with Crippen molar-refractivity contribution in [3.63, 3.8) is 0 Å². The smallest absolute Gasteiger partial charge is 0.307 e. The molecular weight excluding hydrogens is 256 g/mol. The highest BCUT2D eigenvalue weighted by atomic mass is 35.5. The minimum absolute atomic E-state index is 0.319. The predicted octanol–water partition coefficient (Wildman–Crippen LogP) is 2.44. The molecule has 1 N–H and O–H groups in total. The van der Waals surface area contributed by atoms with Crippen LogP contribution in [0.5, 0.6) is 0 Å². The van der Waals surface area contributed by atoms with E-state index in [4.69, 9.17) is 21.1 Å². The Kier molecular flexibility index (Phi) is 2.63. The number of rotatable bonds is 2. The Morgan fingerprint density at radius 2 is 2.39 bits per heavy atom. The summed E-state index contributed by atoms with van der Waals surface area (Å²) >= 11 is 5.72. The molecule has 0 spiro atoms. The third kappa shape index (κ3) is 1.90. The second kappa shape index (κ2) is 4.17. The SMILES string of the molecule is O=C(O)C1CCn2cc(-c3ccc(Cl)o3)nc2C1. The van der Waals surface area contributed by atoms with Gasteiger partial charge in [-0.05, 0) is 30.2 Å². The number of halogens is 1. The topological polar surface area (TPSA) is 68.3 Å². The molecule has 1 aliphatic rings.